The summed E-state index contributed by atoms with van der Waals surface area (Å²) in [5, 5.41) is 0. The van der Waals surface area contributed by atoms with Crippen LogP contribution in [0.3, 0.4) is 0 Å². The third kappa shape index (κ3) is 4.05. The Morgan fingerprint density at radius 2 is 2.06 bits per heavy atom. The zero-order chi connectivity index (χ0) is 12.8. The Balaban J connectivity index is 1.83. The Hall–Kier alpha value is -0.970. The monoisotopic (exact) mass is 249 g/mol. The molecule has 0 saturated carbocycles. The van der Waals surface area contributed by atoms with Crippen LogP contribution in [0.25, 0.3) is 0 Å². The van der Waals surface area contributed by atoms with Crippen molar-refractivity contribution >= 4 is 0 Å². The lowest BCUT2D eigenvalue weighted by atomic mass is 10.00. The molecule has 1 aromatic heterocycles. The van der Waals surface area contributed by atoms with Gasteiger partial charge in [-0.1, -0.05) is 6.07 Å². The summed E-state index contributed by atoms with van der Waals surface area (Å²) in [6, 6.07) is 6.08. The van der Waals surface area contributed by atoms with Crippen LogP contribution in [0.4, 0.5) is 0 Å². The lowest BCUT2D eigenvalue weighted by Gasteiger charge is -2.26. The molecule has 0 radical (unpaired) electrons. The molecule has 1 aliphatic rings. The van der Waals surface area contributed by atoms with Gasteiger partial charge in [0.15, 0.2) is 0 Å². The molecule has 1 aliphatic heterocycles. The van der Waals surface area contributed by atoms with Crippen molar-refractivity contribution in [2.24, 2.45) is 11.7 Å². The molecule has 18 heavy (non-hydrogen) atoms. The molecule has 4 nitrogen and oxygen atoms in total. The second-order valence-electron chi connectivity index (χ2n) is 5.08. The van der Waals surface area contributed by atoms with Crippen molar-refractivity contribution in [1.29, 1.82) is 0 Å². The molecule has 2 N–H and O–H groups in total. The molecule has 0 spiro atoms. The van der Waals surface area contributed by atoms with Gasteiger partial charge in [0.05, 0.1) is 11.4 Å². The fourth-order valence-electron chi connectivity index (χ4n) is 2.44. The molecule has 0 atom stereocenters. The Kier molecular flexibility index (Phi) is 5.11. The molecular formula is C14H23N3O. The third-order valence-corrected chi connectivity index (χ3v) is 3.42. The van der Waals surface area contributed by atoms with Crippen LogP contribution in [0.5, 0.6) is 0 Å². The van der Waals surface area contributed by atoms with E-state index in [1.54, 1.807) is 0 Å². The Labute approximate surface area is 109 Å². The van der Waals surface area contributed by atoms with Crippen molar-refractivity contribution in [2.75, 3.05) is 26.8 Å². The molecule has 1 fully saturated rings. The highest BCUT2D eigenvalue weighted by Crippen LogP contribution is 2.16. The van der Waals surface area contributed by atoms with Crippen molar-refractivity contribution in [1.82, 2.24) is 9.88 Å². The summed E-state index contributed by atoms with van der Waals surface area (Å²) in [5.41, 5.74) is 7.68. The average Bonchev–Trinajstić information content (AvgIpc) is 2.40. The first-order chi connectivity index (χ1) is 8.78. The predicted octanol–water partition coefficient (Wildman–Crippen LogP) is 1.40. The Morgan fingerprint density at radius 3 is 2.78 bits per heavy atom. The third-order valence-electron chi connectivity index (χ3n) is 3.42. The van der Waals surface area contributed by atoms with Gasteiger partial charge in [-0.15, -0.1) is 0 Å². The maximum atomic E-state index is 5.61. The van der Waals surface area contributed by atoms with E-state index in [1.807, 2.05) is 12.1 Å². The Bertz CT molecular complexity index is 364. The molecule has 1 saturated heterocycles. The topological polar surface area (TPSA) is 51.4 Å². The predicted molar refractivity (Wildman–Crippen MR) is 72.0 cm³/mol. The number of nitrogens with zero attached hydrogens (tertiary/aromatic N) is 2. The molecule has 2 heterocycles. The first kappa shape index (κ1) is 13.5. The fourth-order valence-corrected chi connectivity index (χ4v) is 2.44. The van der Waals surface area contributed by atoms with E-state index in [9.17, 15) is 0 Å². The molecule has 0 amide bonds. The van der Waals surface area contributed by atoms with Gasteiger partial charge in [0.25, 0.3) is 0 Å². The van der Waals surface area contributed by atoms with Crippen molar-refractivity contribution in [3.8, 4) is 0 Å². The SMILES string of the molecule is CN(Cc1cccc(CN)n1)CC1CCOCC1. The number of ether oxygens (including phenoxy) is 1. The highest BCUT2D eigenvalue weighted by Gasteiger charge is 2.15. The zero-order valence-corrected chi connectivity index (χ0v) is 11.1. The van der Waals surface area contributed by atoms with Crippen LogP contribution in [-0.2, 0) is 17.8 Å². The molecule has 1 aromatic rings. The van der Waals surface area contributed by atoms with E-state index < -0.39 is 0 Å². The van der Waals surface area contributed by atoms with Crippen LogP contribution < -0.4 is 5.73 Å². The smallest absolute Gasteiger partial charge is 0.0547 e. The fraction of sp³-hybridized carbons (Fsp3) is 0.643. The van der Waals surface area contributed by atoms with Gasteiger partial charge in [0, 0.05) is 32.8 Å². The molecule has 0 unspecified atom stereocenters. The van der Waals surface area contributed by atoms with Crippen LogP contribution in [-0.4, -0.2) is 36.7 Å². The normalized spacial score (nSPS) is 17.3. The van der Waals surface area contributed by atoms with Crippen LogP contribution >= 0.6 is 0 Å². The van der Waals surface area contributed by atoms with E-state index in [1.165, 1.54) is 12.8 Å². The second kappa shape index (κ2) is 6.83. The highest BCUT2D eigenvalue weighted by atomic mass is 16.5. The summed E-state index contributed by atoms with van der Waals surface area (Å²) >= 11 is 0. The van der Waals surface area contributed by atoms with Gasteiger partial charge < -0.3 is 15.4 Å². The van der Waals surface area contributed by atoms with Gasteiger partial charge in [-0.2, -0.15) is 0 Å². The van der Waals surface area contributed by atoms with E-state index in [4.69, 9.17) is 10.5 Å². The minimum Gasteiger partial charge on any atom is -0.381 e. The quantitative estimate of drug-likeness (QED) is 0.857. The average molecular weight is 249 g/mol. The second-order valence-corrected chi connectivity index (χ2v) is 5.08. The molecule has 0 aromatic carbocycles. The number of pyridine rings is 1. The van der Waals surface area contributed by atoms with Gasteiger partial charge in [0.1, 0.15) is 0 Å². The van der Waals surface area contributed by atoms with Crippen LogP contribution in [0, 0.1) is 5.92 Å². The summed E-state index contributed by atoms with van der Waals surface area (Å²) in [6.07, 6.45) is 2.36. The summed E-state index contributed by atoms with van der Waals surface area (Å²) < 4.78 is 5.39. The number of hydrogen-bond acceptors (Lipinski definition) is 4. The number of rotatable bonds is 5. The van der Waals surface area contributed by atoms with Gasteiger partial charge in [-0.25, -0.2) is 0 Å². The van der Waals surface area contributed by atoms with Gasteiger partial charge >= 0.3 is 0 Å². The van der Waals surface area contributed by atoms with E-state index in [2.05, 4.69) is 23.0 Å². The highest BCUT2D eigenvalue weighted by molar-refractivity contribution is 5.10. The first-order valence-corrected chi connectivity index (χ1v) is 6.69. The van der Waals surface area contributed by atoms with E-state index >= 15 is 0 Å². The standard InChI is InChI=1S/C14H23N3O/c1-17(10-12-5-7-18-8-6-12)11-14-4-2-3-13(9-15)16-14/h2-4,12H,5-11,15H2,1H3. The molecule has 2 rings (SSSR count). The van der Waals surface area contributed by atoms with E-state index in [-0.39, 0.29) is 0 Å². The lowest BCUT2D eigenvalue weighted by Crippen LogP contribution is -2.29. The number of hydrogen-bond donors (Lipinski definition) is 1. The zero-order valence-electron chi connectivity index (χ0n) is 11.1. The molecule has 4 heteroatoms. The van der Waals surface area contributed by atoms with Crippen LogP contribution in [0.1, 0.15) is 24.2 Å². The van der Waals surface area contributed by atoms with Gasteiger partial charge in [-0.3, -0.25) is 4.98 Å². The number of nitrogens with two attached hydrogens (primary N) is 1. The van der Waals surface area contributed by atoms with Crippen LogP contribution in [0.15, 0.2) is 18.2 Å². The van der Waals surface area contributed by atoms with Crippen molar-refractivity contribution in [3.63, 3.8) is 0 Å². The summed E-state index contributed by atoms with van der Waals surface area (Å²) in [5.74, 6) is 0.765. The van der Waals surface area contributed by atoms with Crippen molar-refractivity contribution in [3.05, 3.63) is 29.6 Å². The van der Waals surface area contributed by atoms with Crippen molar-refractivity contribution < 1.29 is 4.74 Å². The summed E-state index contributed by atoms with van der Waals surface area (Å²) in [7, 11) is 2.16. The largest absolute Gasteiger partial charge is 0.381 e. The van der Waals surface area contributed by atoms with Gasteiger partial charge in [0.2, 0.25) is 0 Å². The maximum absolute atomic E-state index is 5.61. The van der Waals surface area contributed by atoms with Crippen LogP contribution in [0.2, 0.25) is 0 Å². The van der Waals surface area contributed by atoms with Crippen molar-refractivity contribution in [2.45, 2.75) is 25.9 Å². The first-order valence-electron chi connectivity index (χ1n) is 6.69. The van der Waals surface area contributed by atoms with E-state index in [0.717, 1.165) is 43.6 Å². The molecule has 0 aliphatic carbocycles. The minimum absolute atomic E-state index is 0.511. The maximum Gasteiger partial charge on any atom is 0.0547 e. The molecule has 0 bridgehead atoms. The van der Waals surface area contributed by atoms with Gasteiger partial charge in [-0.05, 0) is 37.9 Å². The Morgan fingerprint density at radius 1 is 1.33 bits per heavy atom. The molecular weight excluding hydrogens is 226 g/mol. The summed E-state index contributed by atoms with van der Waals surface area (Å²) in [4.78, 5) is 6.88. The summed E-state index contributed by atoms with van der Waals surface area (Å²) in [6.45, 7) is 4.36. The minimum atomic E-state index is 0.511. The molecule has 100 valence electrons. The number of aromatic nitrogens is 1. The lowest BCUT2D eigenvalue weighted by molar-refractivity contribution is 0.0548. The van der Waals surface area contributed by atoms with E-state index in [0.29, 0.717) is 6.54 Å².